The summed E-state index contributed by atoms with van der Waals surface area (Å²) >= 11 is 0. The molecule has 1 aromatic rings. The molecule has 1 amide bonds. The molecule has 3 rings (SSSR count). The van der Waals surface area contributed by atoms with Gasteiger partial charge in [-0.15, -0.1) is 0 Å². The van der Waals surface area contributed by atoms with Gasteiger partial charge in [-0.1, -0.05) is 0 Å². The van der Waals surface area contributed by atoms with Crippen LogP contribution in [0.25, 0.3) is 0 Å². The summed E-state index contributed by atoms with van der Waals surface area (Å²) in [6.07, 6.45) is -0.239. The van der Waals surface area contributed by atoms with E-state index in [-0.39, 0.29) is 35.9 Å². The van der Waals surface area contributed by atoms with Crippen molar-refractivity contribution >= 4 is 40.1 Å². The smallest absolute Gasteiger partial charge is 0.332 e. The molecule has 2 saturated heterocycles. The summed E-state index contributed by atoms with van der Waals surface area (Å²) in [6.45, 7) is 4.11. The largest absolute Gasteiger partial charge is 0.481 e. The summed E-state index contributed by atoms with van der Waals surface area (Å²) in [5, 5.41) is 20.3. The van der Waals surface area contributed by atoms with Crippen molar-refractivity contribution in [1.29, 1.82) is 0 Å². The lowest BCUT2D eigenvalue weighted by Crippen LogP contribution is -2.49. The van der Waals surface area contributed by atoms with Crippen molar-refractivity contribution in [1.82, 2.24) is 14.9 Å². The Morgan fingerprint density at radius 1 is 1.07 bits per heavy atom. The standard InChI is InChI=1S/C17H24N6O6S/c1-12-15(23(27)28)16(21-8-10-30(29)11-9-21)19-17(18-12)22-6-4-20(5-7-22)13(24)2-3-14(25)26/h2-11H2,1H3,(H,25,26). The summed E-state index contributed by atoms with van der Waals surface area (Å²) in [5.74, 6) is 0.251. The molecule has 12 nitrogen and oxygen atoms in total. The zero-order valence-corrected chi connectivity index (χ0v) is 17.5. The van der Waals surface area contributed by atoms with Gasteiger partial charge >= 0.3 is 11.7 Å². The number of nitrogens with zero attached hydrogens (tertiary/aromatic N) is 6. The fourth-order valence-electron chi connectivity index (χ4n) is 3.49. The van der Waals surface area contributed by atoms with Crippen molar-refractivity contribution in [3.05, 3.63) is 15.8 Å². The van der Waals surface area contributed by atoms with Crippen LogP contribution in [0.3, 0.4) is 0 Å². The number of aryl methyl sites for hydroxylation is 1. The van der Waals surface area contributed by atoms with Gasteiger partial charge in [0, 0.05) is 68.0 Å². The van der Waals surface area contributed by atoms with Crippen LogP contribution in [0, 0.1) is 17.0 Å². The Kier molecular flexibility index (Phi) is 6.80. The highest BCUT2D eigenvalue weighted by Crippen LogP contribution is 2.31. The van der Waals surface area contributed by atoms with E-state index in [1.807, 2.05) is 4.90 Å². The van der Waals surface area contributed by atoms with Crippen LogP contribution in [0.1, 0.15) is 18.5 Å². The molecule has 2 aliphatic rings. The number of carbonyl (C=O) groups is 2. The van der Waals surface area contributed by atoms with Gasteiger partial charge in [-0.05, 0) is 6.92 Å². The highest BCUT2D eigenvalue weighted by Gasteiger charge is 2.31. The number of aliphatic carboxylic acids is 1. The quantitative estimate of drug-likeness (QED) is 0.464. The summed E-state index contributed by atoms with van der Waals surface area (Å²) in [4.78, 5) is 47.9. The van der Waals surface area contributed by atoms with Crippen LogP contribution in [0.15, 0.2) is 0 Å². The molecule has 1 N–H and O–H groups in total. The first-order valence-electron chi connectivity index (χ1n) is 9.63. The summed E-state index contributed by atoms with van der Waals surface area (Å²) in [7, 11) is -0.920. The minimum Gasteiger partial charge on any atom is -0.481 e. The van der Waals surface area contributed by atoms with Crippen LogP contribution in [0.4, 0.5) is 17.5 Å². The van der Waals surface area contributed by atoms with Gasteiger partial charge in [-0.2, -0.15) is 4.98 Å². The van der Waals surface area contributed by atoms with Crippen molar-refractivity contribution in [2.24, 2.45) is 0 Å². The molecule has 0 spiro atoms. The van der Waals surface area contributed by atoms with Crippen LogP contribution in [0.5, 0.6) is 0 Å². The average molecular weight is 440 g/mol. The van der Waals surface area contributed by atoms with E-state index in [4.69, 9.17) is 5.11 Å². The first-order chi connectivity index (χ1) is 14.3. The van der Waals surface area contributed by atoms with E-state index >= 15 is 0 Å². The number of anilines is 2. The number of hydrogen-bond donors (Lipinski definition) is 1. The molecule has 0 aliphatic carbocycles. The first kappa shape index (κ1) is 21.9. The normalized spacial score (nSPS) is 17.8. The molecule has 0 atom stereocenters. The second-order valence-corrected chi connectivity index (χ2v) is 8.83. The van der Waals surface area contributed by atoms with Crippen molar-refractivity contribution < 1.29 is 23.8 Å². The van der Waals surface area contributed by atoms with E-state index in [0.717, 1.165) is 0 Å². The number of carboxylic acids is 1. The molecule has 2 fully saturated rings. The maximum Gasteiger partial charge on any atom is 0.332 e. The van der Waals surface area contributed by atoms with Gasteiger partial charge in [0.25, 0.3) is 0 Å². The number of rotatable bonds is 6. The van der Waals surface area contributed by atoms with Crippen molar-refractivity contribution in [3.8, 4) is 0 Å². The van der Waals surface area contributed by atoms with Gasteiger partial charge in [0.15, 0.2) is 0 Å². The predicted molar refractivity (Wildman–Crippen MR) is 109 cm³/mol. The molecule has 30 heavy (non-hydrogen) atoms. The van der Waals surface area contributed by atoms with Crippen LogP contribution < -0.4 is 9.80 Å². The van der Waals surface area contributed by atoms with Crippen molar-refractivity contribution in [2.45, 2.75) is 19.8 Å². The third-order valence-corrected chi connectivity index (χ3v) is 6.43. The van der Waals surface area contributed by atoms with E-state index in [0.29, 0.717) is 56.7 Å². The van der Waals surface area contributed by atoms with Crippen LogP contribution >= 0.6 is 0 Å². The second-order valence-electron chi connectivity index (χ2n) is 7.14. The Balaban J connectivity index is 1.75. The molecule has 3 heterocycles. The fraction of sp³-hybridized carbons (Fsp3) is 0.647. The van der Waals surface area contributed by atoms with Crippen molar-refractivity contribution in [3.63, 3.8) is 0 Å². The van der Waals surface area contributed by atoms with Crippen LogP contribution in [0.2, 0.25) is 0 Å². The monoisotopic (exact) mass is 440 g/mol. The lowest BCUT2D eigenvalue weighted by molar-refractivity contribution is -0.385. The van der Waals surface area contributed by atoms with Crippen molar-refractivity contribution in [2.75, 3.05) is 60.6 Å². The summed E-state index contributed by atoms with van der Waals surface area (Å²) in [6, 6.07) is 0. The van der Waals surface area contributed by atoms with E-state index in [9.17, 15) is 23.9 Å². The van der Waals surface area contributed by atoms with Gasteiger partial charge in [0.2, 0.25) is 17.7 Å². The van der Waals surface area contributed by atoms with E-state index < -0.39 is 21.7 Å². The Hall–Kier alpha value is -2.83. The lowest BCUT2D eigenvalue weighted by Gasteiger charge is -2.35. The molecular weight excluding hydrogens is 416 g/mol. The Morgan fingerprint density at radius 2 is 1.70 bits per heavy atom. The Bertz CT molecular complexity index is 863. The van der Waals surface area contributed by atoms with Gasteiger partial charge in [-0.3, -0.25) is 23.9 Å². The molecule has 0 aromatic carbocycles. The van der Waals surface area contributed by atoms with E-state index in [2.05, 4.69) is 9.97 Å². The van der Waals surface area contributed by atoms with Gasteiger partial charge in [0.1, 0.15) is 5.69 Å². The molecule has 0 radical (unpaired) electrons. The first-order valence-corrected chi connectivity index (χ1v) is 11.1. The molecular formula is C17H24N6O6S. The molecule has 0 saturated carbocycles. The molecule has 13 heteroatoms. The number of nitro groups is 1. The second kappa shape index (κ2) is 9.32. The number of carboxylic acid groups (broad SMARTS) is 1. The molecule has 1 aromatic heterocycles. The Morgan fingerprint density at radius 3 is 2.27 bits per heavy atom. The highest BCUT2D eigenvalue weighted by molar-refractivity contribution is 7.85. The van der Waals surface area contributed by atoms with Gasteiger partial charge in [-0.25, -0.2) is 4.98 Å². The number of carbonyl (C=O) groups excluding carboxylic acids is 1. The maximum absolute atomic E-state index is 12.1. The number of amides is 1. The Labute approximate surface area is 175 Å². The third-order valence-electron chi connectivity index (χ3n) is 5.16. The minimum absolute atomic E-state index is 0.0387. The number of piperazine rings is 1. The van der Waals surface area contributed by atoms with E-state index in [1.165, 1.54) is 0 Å². The molecule has 164 valence electrons. The van der Waals surface area contributed by atoms with Crippen LogP contribution in [-0.4, -0.2) is 91.8 Å². The fourth-order valence-corrected chi connectivity index (χ4v) is 4.54. The summed E-state index contributed by atoms with van der Waals surface area (Å²) in [5.41, 5.74) is 0.112. The maximum atomic E-state index is 12.1. The highest BCUT2D eigenvalue weighted by atomic mass is 32.2. The molecule has 0 unspecified atom stereocenters. The van der Waals surface area contributed by atoms with Gasteiger partial charge in [0.05, 0.1) is 11.3 Å². The lowest BCUT2D eigenvalue weighted by atomic mass is 10.2. The molecule has 2 aliphatic heterocycles. The van der Waals surface area contributed by atoms with Crippen LogP contribution in [-0.2, 0) is 20.4 Å². The minimum atomic E-state index is -1.01. The third kappa shape index (κ3) is 5.01. The summed E-state index contributed by atoms with van der Waals surface area (Å²) < 4.78 is 11.7. The number of hydrogen-bond acceptors (Lipinski definition) is 9. The molecule has 0 bridgehead atoms. The zero-order valence-electron chi connectivity index (χ0n) is 16.7. The zero-order chi connectivity index (χ0) is 21.8. The topological polar surface area (TPSA) is 150 Å². The van der Waals surface area contributed by atoms with Gasteiger partial charge < -0.3 is 19.8 Å². The number of aromatic nitrogens is 2. The van der Waals surface area contributed by atoms with E-state index in [1.54, 1.807) is 16.7 Å². The predicted octanol–water partition coefficient (Wildman–Crippen LogP) is -0.225. The SMILES string of the molecule is Cc1nc(N2CCN(C(=O)CCC(=O)O)CC2)nc(N2CCS(=O)CC2)c1[N+](=O)[O-]. The average Bonchev–Trinajstić information content (AvgIpc) is 2.71.